The standard InChI is InChI=1S/C46H41N7O5.C26H20IN3O2.C20H22N4O3/c54-43-13-12-42(45(55)50-43)53-28-32-22-33(7-11-37(32)46(53)56)52-20-18-51(19-21-52)17-1-2-29-3-8-34(9-4-29)57-35-24-36(25-35)58-44-14-6-31(26-48-44)30-5-10-38-39-27-47-16-15-40(39)49-41(38)23-30;27-18-3-5-19(6-4-18)31-20-12-21(13-20)32-26-8-2-17(14-29-26)16-1-7-22-23-15-28-10-9-24(23)30-25(22)11-16;1-2-7-22-8-10-23(11-9-22)15-3-4-16-14(12-15)13-24(20(16)27)17-5-6-18(25)21-19(17)26/h3-11,14-16,22-23,26-27,35-36,42,49H,12-13,17-21,24-25,28H2,(H,50,54,55);1-11,14-15,20-21,30H,12-13H2;1,3-4,12,17H,5-11,13H2,(H,21,25,26). The number of piperidine rings is 2. The van der Waals surface area contributed by atoms with Gasteiger partial charge in [-0.05, 0) is 179 Å². The predicted octanol–water partition coefficient (Wildman–Crippen LogP) is 12.3. The SMILES string of the molecule is C#CCN1CCN(c2ccc3c(c2)CN(C2CCC(=O)NC2=O)C3=O)CC1.Ic1ccc(OC2CC(Oc3ccc(-c4ccc5c(c4)[nH]c4ccncc45)cn3)C2)cc1.O=C1CCC(N2Cc3cc(N4CCN(CC#Cc5ccc(OC6CC(Oc7ccc(-c8ccc9c(c8)[nH]c8ccncc89)cn7)C6)cc5)CC4)ccc3C2=O)C(=O)N1. The van der Waals surface area contributed by atoms with Crippen LogP contribution in [-0.4, -0.2) is 187 Å². The fraction of sp³-hybridized carbons (Fsp3) is 0.283. The number of amides is 6. The van der Waals surface area contributed by atoms with E-state index in [-0.39, 0.29) is 72.7 Å². The van der Waals surface area contributed by atoms with Crippen molar-refractivity contribution < 1.29 is 47.7 Å². The summed E-state index contributed by atoms with van der Waals surface area (Å²) in [6, 6.07) is 51.6. The molecule has 20 rings (SSSR count). The van der Waals surface area contributed by atoms with Gasteiger partial charge in [0, 0.05) is 240 Å². The Hall–Kier alpha value is -12.7. The van der Waals surface area contributed by atoms with Gasteiger partial charge in [-0.3, -0.25) is 59.2 Å². The van der Waals surface area contributed by atoms with Crippen LogP contribution in [0.3, 0.4) is 0 Å². The van der Waals surface area contributed by atoms with Crippen LogP contribution in [0.2, 0.25) is 0 Å². The molecule has 2 saturated carbocycles. The van der Waals surface area contributed by atoms with Gasteiger partial charge in [0.25, 0.3) is 11.8 Å². The Morgan fingerprint density at radius 2 is 0.889 bits per heavy atom. The molecule has 117 heavy (non-hydrogen) atoms. The predicted molar refractivity (Wildman–Crippen MR) is 453 cm³/mol. The number of aromatic nitrogens is 6. The van der Waals surface area contributed by atoms with E-state index in [0.717, 1.165) is 178 Å². The first kappa shape index (κ1) is 75.7. The highest BCUT2D eigenvalue weighted by atomic mass is 127. The van der Waals surface area contributed by atoms with Crippen molar-refractivity contribution in [1.82, 2.24) is 60.1 Å². The summed E-state index contributed by atoms with van der Waals surface area (Å²) < 4.78 is 25.6. The normalized spacial score (nSPS) is 20.5. The number of hydrogen-bond acceptors (Lipinski definition) is 18. The number of piperazine rings is 2. The number of halogens is 1. The summed E-state index contributed by atoms with van der Waals surface area (Å²) in [6.45, 7) is 9.26. The molecule has 6 fully saturated rings. The topological polar surface area (TPSA) is 266 Å². The number of carbonyl (C=O) groups excluding carboxylic acids is 6. The first-order chi connectivity index (χ1) is 57.2. The fourth-order valence-electron chi connectivity index (χ4n) is 16.6. The molecule has 2 atom stereocenters. The zero-order valence-electron chi connectivity index (χ0n) is 64.1. The number of pyridine rings is 4. The van der Waals surface area contributed by atoms with E-state index in [1.165, 1.54) is 8.96 Å². The average Bonchev–Trinajstić information content (AvgIpc) is 1.65. The molecule has 4 saturated heterocycles. The second-order valence-corrected chi connectivity index (χ2v) is 32.0. The Labute approximate surface area is 688 Å². The van der Waals surface area contributed by atoms with Crippen LogP contribution in [0.15, 0.2) is 195 Å². The second kappa shape index (κ2) is 33.3. The number of nitrogens with zero attached hydrogens (tertiary/aromatic N) is 10. The highest BCUT2D eigenvalue weighted by Gasteiger charge is 2.42. The summed E-state index contributed by atoms with van der Waals surface area (Å²) in [5, 5.41) is 9.29. The molecule has 6 aromatic heterocycles. The molecule has 12 aromatic rings. The maximum Gasteiger partial charge on any atom is 0.255 e. The number of benzene rings is 6. The Bertz CT molecular complexity index is 5910. The summed E-state index contributed by atoms with van der Waals surface area (Å²) in [7, 11) is 0. The lowest BCUT2D eigenvalue weighted by Crippen LogP contribution is -2.52. The lowest BCUT2D eigenvalue weighted by molar-refractivity contribution is -0.138. The van der Waals surface area contributed by atoms with Gasteiger partial charge >= 0.3 is 0 Å². The van der Waals surface area contributed by atoms with Gasteiger partial charge in [-0.2, -0.15) is 0 Å². The Morgan fingerprint density at radius 1 is 0.444 bits per heavy atom. The van der Waals surface area contributed by atoms with Crippen LogP contribution in [0.1, 0.15) is 88.8 Å². The molecule has 0 spiro atoms. The van der Waals surface area contributed by atoms with Crippen molar-refractivity contribution in [3.05, 3.63) is 226 Å². The number of rotatable bonds is 16. The van der Waals surface area contributed by atoms with Gasteiger partial charge in [0.2, 0.25) is 35.4 Å². The van der Waals surface area contributed by atoms with Crippen molar-refractivity contribution in [1.29, 1.82) is 0 Å². The second-order valence-electron chi connectivity index (χ2n) is 30.8. The highest BCUT2D eigenvalue weighted by Crippen LogP contribution is 2.38. The number of aromatic amines is 2. The van der Waals surface area contributed by atoms with Gasteiger partial charge < -0.3 is 48.5 Å². The van der Waals surface area contributed by atoms with Gasteiger partial charge in [0.15, 0.2) is 0 Å². The smallest absolute Gasteiger partial charge is 0.255 e. The quantitative estimate of drug-likeness (QED) is 0.0398. The van der Waals surface area contributed by atoms with Gasteiger partial charge in [-0.15, -0.1) is 6.42 Å². The Morgan fingerprint density at radius 3 is 1.33 bits per heavy atom. The van der Waals surface area contributed by atoms with Gasteiger partial charge in [0.05, 0.1) is 13.1 Å². The number of hydrogen-bond donors (Lipinski definition) is 4. The number of fused-ring (bicyclic) bond motifs is 8. The number of nitrogens with one attached hydrogen (secondary N) is 4. The Kier molecular flexibility index (Phi) is 21.5. The molecule has 25 heteroatoms. The molecule has 0 bridgehead atoms. The lowest BCUT2D eigenvalue weighted by atomic mass is 9.92. The number of imide groups is 2. The number of anilines is 2. The molecule has 588 valence electrons. The zero-order valence-corrected chi connectivity index (χ0v) is 66.2. The van der Waals surface area contributed by atoms with E-state index in [1.807, 2.05) is 110 Å². The molecule has 2 unspecified atom stereocenters. The van der Waals surface area contributed by atoms with Crippen LogP contribution >= 0.6 is 22.6 Å². The van der Waals surface area contributed by atoms with Crippen molar-refractivity contribution in [2.75, 3.05) is 75.2 Å². The third-order valence-electron chi connectivity index (χ3n) is 23.2. The largest absolute Gasteiger partial charge is 0.490 e. The number of ether oxygens (including phenoxy) is 4. The maximum atomic E-state index is 13.1. The first-order valence-corrected chi connectivity index (χ1v) is 40.8. The molecular formula is C92H83IN14O10. The Balaban J connectivity index is 0.000000134. The molecule has 2 aliphatic carbocycles. The third kappa shape index (κ3) is 16.7. The number of H-pyrrole nitrogens is 2. The molecule has 4 N–H and O–H groups in total. The summed E-state index contributed by atoms with van der Waals surface area (Å²) in [5.74, 6) is 10.7. The van der Waals surface area contributed by atoms with E-state index in [2.05, 4.69) is 173 Å². The summed E-state index contributed by atoms with van der Waals surface area (Å²) in [6.07, 6.45) is 21.7. The van der Waals surface area contributed by atoms with Crippen LogP contribution < -0.4 is 39.4 Å². The minimum atomic E-state index is -0.605. The summed E-state index contributed by atoms with van der Waals surface area (Å²) in [4.78, 5) is 110. The van der Waals surface area contributed by atoms with Crippen LogP contribution in [0.5, 0.6) is 23.3 Å². The van der Waals surface area contributed by atoms with E-state index in [0.29, 0.717) is 61.9 Å². The van der Waals surface area contributed by atoms with Gasteiger partial charge in [0.1, 0.15) is 48.0 Å². The zero-order chi connectivity index (χ0) is 79.6. The van der Waals surface area contributed by atoms with E-state index in [9.17, 15) is 28.8 Å². The van der Waals surface area contributed by atoms with E-state index in [4.69, 9.17) is 25.4 Å². The van der Waals surface area contributed by atoms with Crippen LogP contribution in [0.4, 0.5) is 11.4 Å². The van der Waals surface area contributed by atoms with E-state index < -0.39 is 12.1 Å². The number of carbonyl (C=O) groups is 6. The molecule has 12 heterocycles. The fourth-order valence-corrected chi connectivity index (χ4v) is 17.0. The molecule has 6 amide bonds. The maximum absolute atomic E-state index is 13.1. The molecular weight excluding hydrogens is 1590 g/mol. The van der Waals surface area contributed by atoms with Crippen LogP contribution in [0, 0.1) is 27.8 Å². The molecule has 6 aliphatic heterocycles. The van der Waals surface area contributed by atoms with Crippen molar-refractivity contribution in [3.8, 4) is 69.7 Å². The first-order valence-electron chi connectivity index (χ1n) is 39.8. The van der Waals surface area contributed by atoms with E-state index >= 15 is 0 Å². The monoisotopic (exact) mass is 1670 g/mol. The average molecular weight is 1670 g/mol. The molecule has 24 nitrogen and oxygen atoms in total. The third-order valence-corrected chi connectivity index (χ3v) is 23.9. The van der Waals surface area contributed by atoms with Crippen LogP contribution in [-0.2, 0) is 32.3 Å². The van der Waals surface area contributed by atoms with Crippen molar-refractivity contribution in [2.24, 2.45) is 0 Å². The van der Waals surface area contributed by atoms with Crippen LogP contribution in [0.25, 0.3) is 65.9 Å². The summed E-state index contributed by atoms with van der Waals surface area (Å²) >= 11 is 2.29. The van der Waals surface area contributed by atoms with Gasteiger partial charge in [-0.25, -0.2) is 9.97 Å². The molecule has 6 aromatic carbocycles. The van der Waals surface area contributed by atoms with Gasteiger partial charge in [-0.1, -0.05) is 42.0 Å². The van der Waals surface area contributed by atoms with E-state index in [1.54, 1.807) is 22.2 Å². The number of terminal acetylenes is 1. The lowest BCUT2D eigenvalue weighted by Gasteiger charge is -2.35. The highest BCUT2D eigenvalue weighted by molar-refractivity contribution is 14.1. The molecule has 0 radical (unpaired) electrons. The minimum Gasteiger partial charge on any atom is -0.490 e. The van der Waals surface area contributed by atoms with Crippen molar-refractivity contribution in [2.45, 2.75) is 101 Å². The minimum absolute atomic E-state index is 0.0727. The molecule has 8 aliphatic rings. The van der Waals surface area contributed by atoms with Crippen molar-refractivity contribution >= 4 is 113 Å². The summed E-state index contributed by atoms with van der Waals surface area (Å²) in [5.41, 5.74) is 14.9. The van der Waals surface area contributed by atoms with Crippen molar-refractivity contribution in [3.63, 3.8) is 0 Å².